The number of carboxylic acid groups (broad SMARTS) is 1. The zero-order chi connectivity index (χ0) is 16.5. The van der Waals surface area contributed by atoms with Gasteiger partial charge in [-0.25, -0.2) is 13.0 Å². The fraction of sp³-hybridized carbons (Fsp3) is 0.417. The zero-order valence-electron chi connectivity index (χ0n) is 11.8. The number of sulfonamides is 1. The summed E-state index contributed by atoms with van der Waals surface area (Å²) in [5, 5.41) is 16.5. The highest BCUT2D eigenvalue weighted by Crippen LogP contribution is 2.27. The average Bonchev–Trinajstić information content (AvgIpc) is 2.94. The van der Waals surface area contributed by atoms with Crippen LogP contribution in [0.2, 0.25) is 5.02 Å². The number of rotatable bonds is 6. The summed E-state index contributed by atoms with van der Waals surface area (Å²) in [5.41, 5.74) is 0.0493. The number of nitrogens with one attached hydrogen (secondary N) is 1. The van der Waals surface area contributed by atoms with Gasteiger partial charge < -0.3 is 5.11 Å². The summed E-state index contributed by atoms with van der Waals surface area (Å²) in [4.78, 5) is 11.0. The predicted molar refractivity (Wildman–Crippen MR) is 78.0 cm³/mol. The molecule has 0 aliphatic rings. The molecule has 1 aromatic heterocycles. The third-order valence-electron chi connectivity index (χ3n) is 3.38. The zero-order valence-corrected chi connectivity index (χ0v) is 13.3. The van der Waals surface area contributed by atoms with E-state index in [0.717, 1.165) is 0 Å². The van der Waals surface area contributed by atoms with Crippen molar-refractivity contribution in [3.8, 4) is 0 Å². The van der Waals surface area contributed by atoms with Gasteiger partial charge in [0.25, 0.3) is 0 Å². The number of benzene rings is 1. The molecule has 0 spiro atoms. The van der Waals surface area contributed by atoms with Crippen LogP contribution >= 0.6 is 11.6 Å². The normalized spacial score (nSPS) is 14.9. The van der Waals surface area contributed by atoms with E-state index in [1.165, 1.54) is 12.1 Å². The van der Waals surface area contributed by atoms with Crippen LogP contribution in [0, 0.1) is 5.92 Å². The van der Waals surface area contributed by atoms with Crippen molar-refractivity contribution in [1.82, 2.24) is 15.0 Å². The van der Waals surface area contributed by atoms with Crippen LogP contribution in [0.5, 0.6) is 0 Å². The van der Waals surface area contributed by atoms with Crippen LogP contribution in [-0.4, -0.2) is 35.8 Å². The molecule has 1 heterocycles. The van der Waals surface area contributed by atoms with Crippen molar-refractivity contribution >= 4 is 38.6 Å². The molecule has 0 amide bonds. The summed E-state index contributed by atoms with van der Waals surface area (Å²) < 4.78 is 31.6. The molecule has 0 aliphatic carbocycles. The van der Waals surface area contributed by atoms with E-state index in [2.05, 4.69) is 19.7 Å². The van der Waals surface area contributed by atoms with Gasteiger partial charge >= 0.3 is 5.97 Å². The second-order valence-corrected chi connectivity index (χ2v) is 6.92. The minimum atomic E-state index is -4.12. The number of hydrogen-bond donors (Lipinski definition) is 2. The number of carboxylic acids is 1. The number of hydrogen-bond acceptors (Lipinski definition) is 6. The van der Waals surface area contributed by atoms with Gasteiger partial charge in [0.1, 0.15) is 10.9 Å². The van der Waals surface area contributed by atoms with Gasteiger partial charge in [0.05, 0.1) is 5.02 Å². The van der Waals surface area contributed by atoms with E-state index in [4.69, 9.17) is 11.6 Å². The molecule has 0 saturated carbocycles. The SMILES string of the molecule is CC[C@H](C)[C@H](NS(=O)(=O)c1ccc(Cl)c2nonc12)C(=O)O. The molecule has 10 heteroatoms. The van der Waals surface area contributed by atoms with Crippen molar-refractivity contribution in [2.45, 2.75) is 31.2 Å². The predicted octanol–water partition coefficient (Wildman–Crippen LogP) is 1.65. The molecule has 2 N–H and O–H groups in total. The molecule has 1 aromatic carbocycles. The maximum Gasteiger partial charge on any atom is 0.322 e. The van der Waals surface area contributed by atoms with Gasteiger partial charge in [-0.2, -0.15) is 4.72 Å². The third kappa shape index (κ3) is 3.06. The molecular weight excluding hydrogens is 334 g/mol. The topological polar surface area (TPSA) is 122 Å². The van der Waals surface area contributed by atoms with Crippen LogP contribution in [0.3, 0.4) is 0 Å². The lowest BCUT2D eigenvalue weighted by Crippen LogP contribution is -2.44. The Morgan fingerprint density at radius 1 is 1.41 bits per heavy atom. The first-order valence-corrected chi connectivity index (χ1v) is 8.30. The molecule has 2 atom stereocenters. The Morgan fingerprint density at radius 3 is 2.64 bits per heavy atom. The number of halogens is 1. The van der Waals surface area contributed by atoms with Crippen LogP contribution in [0.15, 0.2) is 21.7 Å². The van der Waals surface area contributed by atoms with E-state index >= 15 is 0 Å². The van der Waals surface area contributed by atoms with Crippen LogP contribution in [0.4, 0.5) is 0 Å². The summed E-state index contributed by atoms with van der Waals surface area (Å²) in [7, 11) is -4.12. The highest BCUT2D eigenvalue weighted by Gasteiger charge is 2.31. The summed E-state index contributed by atoms with van der Waals surface area (Å²) in [6, 6.07) is 1.31. The molecule has 0 radical (unpaired) electrons. The third-order valence-corrected chi connectivity index (χ3v) is 5.16. The molecule has 2 aromatic rings. The van der Waals surface area contributed by atoms with Gasteiger partial charge in [-0.05, 0) is 28.4 Å². The lowest BCUT2D eigenvalue weighted by atomic mass is 10.0. The Balaban J connectivity index is 2.47. The van der Waals surface area contributed by atoms with E-state index in [1.54, 1.807) is 13.8 Å². The van der Waals surface area contributed by atoms with E-state index in [-0.39, 0.29) is 26.9 Å². The number of carbonyl (C=O) groups is 1. The van der Waals surface area contributed by atoms with Crippen LogP contribution in [0.1, 0.15) is 20.3 Å². The number of aliphatic carboxylic acids is 1. The number of nitrogens with zero attached hydrogens (tertiary/aromatic N) is 2. The van der Waals surface area contributed by atoms with Gasteiger partial charge in [-0.3, -0.25) is 4.79 Å². The first-order chi connectivity index (χ1) is 10.3. The first-order valence-electron chi connectivity index (χ1n) is 6.43. The quantitative estimate of drug-likeness (QED) is 0.814. The minimum Gasteiger partial charge on any atom is -0.480 e. The van der Waals surface area contributed by atoms with Crippen molar-refractivity contribution < 1.29 is 22.9 Å². The molecule has 120 valence electrons. The van der Waals surface area contributed by atoms with Crippen molar-refractivity contribution in [2.75, 3.05) is 0 Å². The molecule has 0 aliphatic heterocycles. The minimum absolute atomic E-state index is 0.0479. The maximum atomic E-state index is 12.5. The Morgan fingerprint density at radius 2 is 2.05 bits per heavy atom. The Bertz CT molecular complexity index is 804. The van der Waals surface area contributed by atoms with E-state index in [0.29, 0.717) is 6.42 Å². The second-order valence-electron chi connectivity index (χ2n) is 4.83. The van der Waals surface area contributed by atoms with Gasteiger partial charge in [0.15, 0.2) is 11.0 Å². The average molecular weight is 348 g/mol. The molecule has 0 saturated heterocycles. The monoisotopic (exact) mass is 347 g/mol. The van der Waals surface area contributed by atoms with Crippen LogP contribution in [0.25, 0.3) is 11.0 Å². The molecule has 22 heavy (non-hydrogen) atoms. The first kappa shape index (κ1) is 16.7. The Labute approximate surface area is 131 Å². The lowest BCUT2D eigenvalue weighted by Gasteiger charge is -2.20. The summed E-state index contributed by atoms with van der Waals surface area (Å²) in [6.07, 6.45) is 0.501. The fourth-order valence-corrected chi connectivity index (χ4v) is 3.52. The van der Waals surface area contributed by atoms with Crippen LogP contribution in [-0.2, 0) is 14.8 Å². The Kier molecular flexibility index (Phi) is 4.69. The molecular formula is C12H14ClN3O5S. The van der Waals surface area contributed by atoms with Crippen molar-refractivity contribution in [3.05, 3.63) is 17.2 Å². The molecule has 2 rings (SSSR count). The highest BCUT2D eigenvalue weighted by atomic mass is 35.5. The van der Waals surface area contributed by atoms with Gasteiger partial charge in [0.2, 0.25) is 10.0 Å². The summed E-state index contributed by atoms with van der Waals surface area (Å²) in [6.45, 7) is 3.42. The Hall–Kier alpha value is -1.71. The van der Waals surface area contributed by atoms with Gasteiger partial charge in [-0.1, -0.05) is 31.9 Å². The second kappa shape index (κ2) is 6.19. The smallest absolute Gasteiger partial charge is 0.322 e. The molecule has 0 fully saturated rings. The van der Waals surface area contributed by atoms with E-state index in [1.807, 2.05) is 0 Å². The van der Waals surface area contributed by atoms with Crippen molar-refractivity contribution in [3.63, 3.8) is 0 Å². The lowest BCUT2D eigenvalue weighted by molar-refractivity contribution is -0.140. The number of aromatic nitrogens is 2. The molecule has 8 nitrogen and oxygen atoms in total. The summed E-state index contributed by atoms with van der Waals surface area (Å²) >= 11 is 5.88. The van der Waals surface area contributed by atoms with Gasteiger partial charge in [0, 0.05) is 0 Å². The number of fused-ring (bicyclic) bond motifs is 1. The van der Waals surface area contributed by atoms with Crippen LogP contribution < -0.4 is 4.72 Å². The standard InChI is InChI=1S/C12H14ClN3O5S/c1-3-6(2)9(12(17)18)16-22(19,20)8-5-4-7(13)10-11(8)15-21-14-10/h4-6,9,16H,3H2,1-2H3,(H,17,18)/t6-,9-/m0/s1. The maximum absolute atomic E-state index is 12.5. The molecule has 0 bridgehead atoms. The molecule has 0 unspecified atom stereocenters. The van der Waals surface area contributed by atoms with Crippen molar-refractivity contribution in [2.24, 2.45) is 5.92 Å². The fourth-order valence-electron chi connectivity index (χ4n) is 1.91. The largest absolute Gasteiger partial charge is 0.480 e. The summed E-state index contributed by atoms with van der Waals surface area (Å²) in [5.74, 6) is -1.63. The van der Waals surface area contributed by atoms with E-state index in [9.17, 15) is 18.3 Å². The van der Waals surface area contributed by atoms with E-state index < -0.39 is 22.0 Å². The van der Waals surface area contributed by atoms with Crippen molar-refractivity contribution in [1.29, 1.82) is 0 Å². The highest BCUT2D eigenvalue weighted by molar-refractivity contribution is 7.89. The van der Waals surface area contributed by atoms with Gasteiger partial charge in [-0.15, -0.1) is 0 Å².